The van der Waals surface area contributed by atoms with Crippen LogP contribution in [-0.2, 0) is 9.53 Å². The van der Waals surface area contributed by atoms with Gasteiger partial charge >= 0.3 is 11.7 Å². The number of fused-ring (bicyclic) bond motifs is 1. The van der Waals surface area contributed by atoms with Gasteiger partial charge in [0.25, 0.3) is 5.56 Å². The van der Waals surface area contributed by atoms with Crippen molar-refractivity contribution >= 4 is 22.6 Å². The number of nitrogens with zero attached hydrogens (tertiary/aromatic N) is 2. The van der Waals surface area contributed by atoms with Gasteiger partial charge in [-0.15, -0.1) is 0 Å². The smallest absolute Gasteiger partial charge is 0.332 e. The van der Waals surface area contributed by atoms with Crippen LogP contribution in [0.15, 0.2) is 21.7 Å². The van der Waals surface area contributed by atoms with Gasteiger partial charge in [0.05, 0.1) is 23.7 Å². The normalized spacial score (nSPS) is 18.9. The van der Waals surface area contributed by atoms with Crippen LogP contribution in [0.25, 0.3) is 10.9 Å². The maximum atomic E-state index is 15.0. The molecule has 1 N–H and O–H groups in total. The highest BCUT2D eigenvalue weighted by molar-refractivity contribution is 5.83. The van der Waals surface area contributed by atoms with Crippen molar-refractivity contribution in [3.63, 3.8) is 0 Å². The van der Waals surface area contributed by atoms with Crippen LogP contribution in [-0.4, -0.2) is 28.3 Å². The molecule has 1 heterocycles. The van der Waals surface area contributed by atoms with Gasteiger partial charge in [-0.3, -0.25) is 9.36 Å². The number of ether oxygens (including phenoxy) is 1. The molecule has 2 fully saturated rings. The van der Waals surface area contributed by atoms with Gasteiger partial charge in [0.15, 0.2) is 0 Å². The molecule has 0 unspecified atom stereocenters. The Bertz CT molecular complexity index is 1090. The molecule has 8 heteroatoms. The molecule has 2 aliphatic rings. The maximum Gasteiger partial charge on any atom is 0.332 e. The Labute approximate surface area is 180 Å². The van der Waals surface area contributed by atoms with E-state index in [0.717, 1.165) is 55.9 Å². The molecule has 1 atom stereocenters. The van der Waals surface area contributed by atoms with Crippen molar-refractivity contribution in [1.82, 2.24) is 9.13 Å². The summed E-state index contributed by atoms with van der Waals surface area (Å²) in [6.45, 7) is 1.45. The molecule has 168 valence electrons. The van der Waals surface area contributed by atoms with Gasteiger partial charge in [-0.05, 0) is 44.7 Å². The second-order valence-electron chi connectivity index (χ2n) is 8.79. The fourth-order valence-electron chi connectivity index (χ4n) is 5.08. The fourth-order valence-corrected chi connectivity index (χ4v) is 5.08. The van der Waals surface area contributed by atoms with Crippen molar-refractivity contribution in [1.29, 1.82) is 0 Å². The van der Waals surface area contributed by atoms with Gasteiger partial charge in [-0.25, -0.2) is 18.5 Å². The molecule has 0 saturated heterocycles. The third-order valence-electron chi connectivity index (χ3n) is 6.79. The second-order valence-corrected chi connectivity index (χ2v) is 8.79. The number of rotatable bonds is 5. The lowest BCUT2D eigenvalue weighted by atomic mass is 9.95. The second kappa shape index (κ2) is 8.85. The number of nitrogens with one attached hydrogen (secondary N) is 1. The number of esters is 1. The third-order valence-corrected chi connectivity index (χ3v) is 6.79. The summed E-state index contributed by atoms with van der Waals surface area (Å²) < 4.78 is 22.3. The molecule has 0 aliphatic heterocycles. The van der Waals surface area contributed by atoms with Crippen LogP contribution in [0.1, 0.15) is 76.8 Å². The van der Waals surface area contributed by atoms with Gasteiger partial charge in [-0.1, -0.05) is 32.1 Å². The van der Waals surface area contributed by atoms with Gasteiger partial charge in [0.1, 0.15) is 11.9 Å². The average Bonchev–Trinajstić information content (AvgIpc) is 3.29. The zero-order valence-electron chi connectivity index (χ0n) is 18.2. The minimum Gasteiger partial charge on any atom is -0.467 e. The van der Waals surface area contributed by atoms with E-state index in [1.54, 1.807) is 10.6 Å². The first-order valence-corrected chi connectivity index (χ1v) is 11.3. The number of carbonyl (C=O) groups is 1. The van der Waals surface area contributed by atoms with E-state index < -0.39 is 29.1 Å². The molecule has 1 aromatic heterocycles. The van der Waals surface area contributed by atoms with Gasteiger partial charge in [-0.2, -0.15) is 0 Å². The molecular weight excluding hydrogens is 401 g/mol. The lowest BCUT2D eigenvalue weighted by molar-refractivity contribution is -0.144. The Hall–Kier alpha value is -2.64. The highest BCUT2D eigenvalue weighted by atomic mass is 19.1. The number of carbonyl (C=O) groups excluding carboxylic acids is 1. The molecule has 2 aliphatic carbocycles. The Morgan fingerprint density at radius 2 is 1.74 bits per heavy atom. The Balaban J connectivity index is 1.91. The van der Waals surface area contributed by atoms with E-state index in [1.165, 1.54) is 26.5 Å². The summed E-state index contributed by atoms with van der Waals surface area (Å²) in [5, 5.41) is 3.39. The summed E-state index contributed by atoms with van der Waals surface area (Å²) in [5.74, 6) is -1.21. The summed E-state index contributed by atoms with van der Waals surface area (Å²) in [7, 11) is 1.21. The van der Waals surface area contributed by atoms with E-state index in [4.69, 9.17) is 4.74 Å². The molecule has 0 bridgehead atoms. The van der Waals surface area contributed by atoms with E-state index in [0.29, 0.717) is 11.2 Å². The van der Waals surface area contributed by atoms with Crippen LogP contribution >= 0.6 is 0 Å². The number of aromatic nitrogens is 2. The standard InChI is InChI=1S/C23H30FN3O4/c1-14(22(29)31-2)26-21(28)17-12-18(24)19(25-15-8-4-3-5-9-15)13-20(17)27(23(26)30)16-10-6-7-11-16/h12-16,25H,3-11H2,1-2H3/t14-/m1/s1. The zero-order valence-corrected chi connectivity index (χ0v) is 18.2. The number of hydrogen-bond donors (Lipinski definition) is 1. The number of benzene rings is 1. The van der Waals surface area contributed by atoms with Crippen LogP contribution < -0.4 is 16.6 Å². The largest absolute Gasteiger partial charge is 0.467 e. The van der Waals surface area contributed by atoms with E-state index in [-0.39, 0.29) is 17.5 Å². The topological polar surface area (TPSA) is 82.3 Å². The van der Waals surface area contributed by atoms with Crippen molar-refractivity contribution in [2.45, 2.75) is 82.8 Å². The molecule has 2 saturated carbocycles. The van der Waals surface area contributed by atoms with Crippen molar-refractivity contribution < 1.29 is 13.9 Å². The third kappa shape index (κ3) is 4.00. The van der Waals surface area contributed by atoms with E-state index in [9.17, 15) is 14.4 Å². The number of anilines is 1. The Kier molecular flexibility index (Phi) is 6.16. The molecule has 0 radical (unpaired) electrons. The minimum absolute atomic E-state index is 0.0836. The molecule has 4 rings (SSSR count). The summed E-state index contributed by atoms with van der Waals surface area (Å²) in [4.78, 5) is 38.7. The van der Waals surface area contributed by atoms with Crippen LogP contribution in [0.4, 0.5) is 10.1 Å². The van der Waals surface area contributed by atoms with Gasteiger partial charge in [0, 0.05) is 12.1 Å². The first kappa shape index (κ1) is 21.6. The lowest BCUT2D eigenvalue weighted by Gasteiger charge is -2.25. The summed E-state index contributed by atoms with van der Waals surface area (Å²) >= 11 is 0. The monoisotopic (exact) mass is 431 g/mol. The van der Waals surface area contributed by atoms with E-state index >= 15 is 4.39 Å². The molecule has 0 spiro atoms. The predicted octanol–water partition coefficient (Wildman–Crippen LogP) is 3.90. The average molecular weight is 432 g/mol. The SMILES string of the molecule is COC(=O)[C@@H](C)n1c(=O)c2cc(F)c(NC3CCCCC3)cc2n(C2CCCC2)c1=O. The Morgan fingerprint density at radius 3 is 2.39 bits per heavy atom. The summed E-state index contributed by atoms with van der Waals surface area (Å²) in [5.41, 5.74) is -0.466. The zero-order chi connectivity index (χ0) is 22.1. The molecule has 31 heavy (non-hydrogen) atoms. The van der Waals surface area contributed by atoms with Crippen molar-refractivity contribution in [3.05, 3.63) is 38.8 Å². The molecular formula is C23H30FN3O4. The number of hydrogen-bond acceptors (Lipinski definition) is 5. The summed E-state index contributed by atoms with van der Waals surface area (Å²) in [6.07, 6.45) is 8.95. The van der Waals surface area contributed by atoms with Crippen LogP contribution in [0, 0.1) is 5.82 Å². The molecule has 0 amide bonds. The quantitative estimate of drug-likeness (QED) is 0.726. The van der Waals surface area contributed by atoms with Crippen LogP contribution in [0.3, 0.4) is 0 Å². The number of halogens is 1. The first-order valence-electron chi connectivity index (χ1n) is 11.3. The predicted molar refractivity (Wildman–Crippen MR) is 117 cm³/mol. The van der Waals surface area contributed by atoms with Crippen molar-refractivity contribution in [2.75, 3.05) is 12.4 Å². The van der Waals surface area contributed by atoms with Crippen LogP contribution in [0.2, 0.25) is 0 Å². The highest BCUT2D eigenvalue weighted by Crippen LogP contribution is 2.32. The molecule has 1 aromatic carbocycles. The number of methoxy groups -OCH3 is 1. The van der Waals surface area contributed by atoms with Crippen molar-refractivity contribution in [2.24, 2.45) is 0 Å². The van der Waals surface area contributed by atoms with E-state index in [1.807, 2.05) is 0 Å². The lowest BCUT2D eigenvalue weighted by Crippen LogP contribution is -2.44. The Morgan fingerprint density at radius 1 is 1.10 bits per heavy atom. The minimum atomic E-state index is -1.09. The maximum absolute atomic E-state index is 15.0. The van der Waals surface area contributed by atoms with Crippen molar-refractivity contribution in [3.8, 4) is 0 Å². The first-order chi connectivity index (χ1) is 14.9. The van der Waals surface area contributed by atoms with E-state index in [2.05, 4.69) is 5.32 Å². The van der Waals surface area contributed by atoms with Crippen LogP contribution in [0.5, 0.6) is 0 Å². The van der Waals surface area contributed by atoms with Gasteiger partial charge < -0.3 is 10.1 Å². The highest BCUT2D eigenvalue weighted by Gasteiger charge is 2.28. The molecule has 2 aromatic rings. The van der Waals surface area contributed by atoms with Gasteiger partial charge in [0.2, 0.25) is 0 Å². The fraction of sp³-hybridized carbons (Fsp3) is 0.609. The molecule has 7 nitrogen and oxygen atoms in total. The summed E-state index contributed by atoms with van der Waals surface area (Å²) in [6, 6.07) is 1.82.